The molecule has 0 aromatic heterocycles. The van der Waals surface area contributed by atoms with E-state index in [9.17, 15) is 31.7 Å². The molecule has 2 rings (SSSR count). The summed E-state index contributed by atoms with van der Waals surface area (Å²) in [7, 11) is -7.58. The molecule has 0 aliphatic heterocycles. The average molecular weight is 563 g/mol. The van der Waals surface area contributed by atoms with E-state index in [0.29, 0.717) is 0 Å². The summed E-state index contributed by atoms with van der Waals surface area (Å²) in [4.78, 5) is 22.3. The van der Waals surface area contributed by atoms with Crippen molar-refractivity contribution in [1.82, 2.24) is 4.31 Å². The molecule has 0 fully saturated rings. The molecule has 2 aromatic rings. The number of rotatable bonds is 14. The van der Waals surface area contributed by atoms with Gasteiger partial charge in [-0.25, -0.2) is 8.42 Å². The van der Waals surface area contributed by atoms with Crippen LogP contribution in [-0.2, 0) is 38.6 Å². The molecule has 198 valence electrons. The van der Waals surface area contributed by atoms with E-state index in [0.717, 1.165) is 34.5 Å². The highest BCUT2D eigenvalue weighted by Crippen LogP contribution is 2.31. The molecule has 0 aliphatic carbocycles. The highest BCUT2D eigenvalue weighted by atomic mass is 32.2. The Balaban J connectivity index is 2.64. The van der Waals surface area contributed by atoms with E-state index in [1.165, 1.54) is 31.0 Å². The number of nitro benzene ring substituents is 1. The van der Waals surface area contributed by atoms with Crippen molar-refractivity contribution < 1.29 is 40.2 Å². The van der Waals surface area contributed by atoms with Gasteiger partial charge in [0.25, 0.3) is 25.8 Å². The number of nitro groups is 1. The van der Waals surface area contributed by atoms with Crippen LogP contribution in [0.5, 0.6) is 0 Å². The van der Waals surface area contributed by atoms with Gasteiger partial charge in [0.2, 0.25) is 0 Å². The van der Waals surface area contributed by atoms with Crippen LogP contribution in [0.1, 0.15) is 6.92 Å². The van der Waals surface area contributed by atoms with Gasteiger partial charge in [-0.2, -0.15) is 12.7 Å². The van der Waals surface area contributed by atoms with Gasteiger partial charge in [-0.3, -0.25) is 19.1 Å². The summed E-state index contributed by atoms with van der Waals surface area (Å²) in [5.74, 6) is -0.819. The van der Waals surface area contributed by atoms with Crippen LogP contribution in [-0.4, -0.2) is 76.6 Å². The van der Waals surface area contributed by atoms with E-state index in [-0.39, 0.29) is 5.75 Å². The summed E-state index contributed by atoms with van der Waals surface area (Å²) < 4.78 is 67.6. The van der Waals surface area contributed by atoms with Crippen LogP contribution in [0, 0.1) is 10.1 Å². The molecule has 12 nitrogen and oxygen atoms in total. The van der Waals surface area contributed by atoms with Crippen LogP contribution >= 0.6 is 11.8 Å². The molecule has 0 saturated carbocycles. The van der Waals surface area contributed by atoms with Crippen molar-refractivity contribution in [3.8, 4) is 0 Å². The summed E-state index contributed by atoms with van der Waals surface area (Å²) >= 11 is 1.18. The zero-order valence-electron chi connectivity index (χ0n) is 19.7. The van der Waals surface area contributed by atoms with E-state index in [2.05, 4.69) is 0 Å². The molecule has 0 unspecified atom stereocenters. The van der Waals surface area contributed by atoms with E-state index in [1.54, 1.807) is 30.3 Å². The molecule has 0 bridgehead atoms. The van der Waals surface area contributed by atoms with Crippen molar-refractivity contribution in [3.05, 3.63) is 64.7 Å². The number of esters is 1. The van der Waals surface area contributed by atoms with E-state index < -0.39 is 67.1 Å². The Labute approximate surface area is 213 Å². The molecule has 0 N–H and O–H groups in total. The number of benzene rings is 2. The van der Waals surface area contributed by atoms with Crippen molar-refractivity contribution in [1.29, 1.82) is 0 Å². The molecule has 0 spiro atoms. The summed E-state index contributed by atoms with van der Waals surface area (Å²) in [6, 6.07) is 12.3. The number of ether oxygens (including phenoxy) is 2. The zero-order chi connectivity index (χ0) is 26.9. The molecule has 0 aliphatic rings. The largest absolute Gasteiger partial charge is 0.463 e. The summed E-state index contributed by atoms with van der Waals surface area (Å²) in [5, 5.41) is 11.6. The Kier molecular flexibility index (Phi) is 10.8. The maximum atomic E-state index is 13.7. The molecule has 0 radical (unpaired) electrons. The third-order valence-electron chi connectivity index (χ3n) is 4.62. The van der Waals surface area contributed by atoms with E-state index >= 15 is 0 Å². The number of para-hydroxylation sites is 1. The zero-order valence-corrected chi connectivity index (χ0v) is 22.1. The van der Waals surface area contributed by atoms with Gasteiger partial charge < -0.3 is 9.47 Å². The van der Waals surface area contributed by atoms with Crippen molar-refractivity contribution in [2.24, 2.45) is 0 Å². The van der Waals surface area contributed by atoms with Crippen LogP contribution in [0.15, 0.2) is 64.4 Å². The van der Waals surface area contributed by atoms with Crippen molar-refractivity contribution in [2.45, 2.75) is 28.9 Å². The summed E-state index contributed by atoms with van der Waals surface area (Å²) in [6.07, 6.45) is -0.723. The molecular formula is C21H26N2O10S3. The minimum atomic E-state index is -4.64. The van der Waals surface area contributed by atoms with Gasteiger partial charge in [0.1, 0.15) is 19.4 Å². The van der Waals surface area contributed by atoms with Gasteiger partial charge in [0.15, 0.2) is 4.90 Å². The van der Waals surface area contributed by atoms with Crippen molar-refractivity contribution in [3.63, 3.8) is 0 Å². The predicted octanol–water partition coefficient (Wildman–Crippen LogP) is 2.26. The Morgan fingerprint density at radius 3 is 2.25 bits per heavy atom. The maximum absolute atomic E-state index is 13.7. The SMILES string of the molecule is COCN([C@@H](CSc1ccccc1)[C@H](COC(C)=O)OS(C)(=O)=O)S(=O)(=O)c1ccccc1[N+](=O)[O-]. The van der Waals surface area contributed by atoms with E-state index in [1.807, 2.05) is 0 Å². The molecule has 15 heteroatoms. The Morgan fingerprint density at radius 2 is 1.69 bits per heavy atom. The minimum Gasteiger partial charge on any atom is -0.463 e. The molecule has 36 heavy (non-hydrogen) atoms. The number of hydrogen-bond acceptors (Lipinski definition) is 11. The Bertz CT molecular complexity index is 1250. The molecule has 0 saturated heterocycles. The summed E-state index contributed by atoms with van der Waals surface area (Å²) in [5.41, 5.74) is -0.673. The minimum absolute atomic E-state index is 0.0747. The van der Waals surface area contributed by atoms with Gasteiger partial charge >= 0.3 is 5.97 Å². The van der Waals surface area contributed by atoms with Crippen LogP contribution in [0.3, 0.4) is 0 Å². The predicted molar refractivity (Wildman–Crippen MR) is 131 cm³/mol. The fourth-order valence-electron chi connectivity index (χ4n) is 3.12. The topological polar surface area (TPSA) is 159 Å². The highest BCUT2D eigenvalue weighted by Gasteiger charge is 2.41. The normalized spacial score (nSPS) is 13.8. The molecule has 2 atom stereocenters. The monoisotopic (exact) mass is 562 g/mol. The number of nitrogens with zero attached hydrogens (tertiary/aromatic N) is 2. The second kappa shape index (κ2) is 13.1. The number of hydrogen-bond donors (Lipinski definition) is 0. The van der Waals surface area contributed by atoms with Gasteiger partial charge in [0.05, 0.1) is 17.2 Å². The fourth-order valence-corrected chi connectivity index (χ4v) is 6.68. The smallest absolute Gasteiger partial charge is 0.302 e. The first kappa shape index (κ1) is 29.7. The Morgan fingerprint density at radius 1 is 1.08 bits per heavy atom. The first-order valence-electron chi connectivity index (χ1n) is 10.3. The van der Waals surface area contributed by atoms with Gasteiger partial charge in [-0.15, -0.1) is 11.8 Å². The number of sulfonamides is 1. The quantitative estimate of drug-likeness (QED) is 0.0830. The average Bonchev–Trinajstić information content (AvgIpc) is 2.81. The Hall–Kier alpha value is -2.56. The van der Waals surface area contributed by atoms with E-state index in [4.69, 9.17) is 13.7 Å². The van der Waals surface area contributed by atoms with Gasteiger partial charge in [-0.05, 0) is 18.2 Å². The molecule has 2 aromatic carbocycles. The maximum Gasteiger partial charge on any atom is 0.302 e. The van der Waals surface area contributed by atoms with Crippen molar-refractivity contribution in [2.75, 3.05) is 32.5 Å². The molecular weight excluding hydrogens is 536 g/mol. The third kappa shape index (κ3) is 8.53. The van der Waals surface area contributed by atoms with Crippen LogP contribution in [0.25, 0.3) is 0 Å². The molecule has 0 heterocycles. The lowest BCUT2D eigenvalue weighted by atomic mass is 10.2. The van der Waals surface area contributed by atoms with Crippen LogP contribution in [0.4, 0.5) is 5.69 Å². The first-order valence-corrected chi connectivity index (χ1v) is 14.5. The lowest BCUT2D eigenvalue weighted by Gasteiger charge is -2.34. The number of methoxy groups -OCH3 is 1. The molecule has 0 amide bonds. The summed E-state index contributed by atoms with van der Waals surface area (Å²) in [6.45, 7) is -0.102. The number of thioether (sulfide) groups is 1. The van der Waals surface area contributed by atoms with Gasteiger partial charge in [0, 0.05) is 30.7 Å². The number of carbonyl (C=O) groups is 1. The lowest BCUT2D eigenvalue weighted by molar-refractivity contribution is -0.387. The lowest BCUT2D eigenvalue weighted by Crippen LogP contribution is -2.52. The second-order valence-electron chi connectivity index (χ2n) is 7.37. The standard InChI is InChI=1S/C21H26N2O10S3/c1-16(24)32-13-20(33-35(3,27)28)19(14-34-17-9-5-4-6-10-17)22(15-31-2)36(29,30)21-12-8-7-11-18(21)23(25)26/h4-12,19-20H,13-15H2,1-3H3/t19-,20-/m0/s1. The van der Waals surface area contributed by atoms with Crippen LogP contribution in [0.2, 0.25) is 0 Å². The number of carbonyl (C=O) groups excluding carboxylic acids is 1. The van der Waals surface area contributed by atoms with Crippen molar-refractivity contribution >= 4 is 43.6 Å². The van der Waals surface area contributed by atoms with Crippen LogP contribution < -0.4 is 0 Å². The van der Waals surface area contributed by atoms with Gasteiger partial charge in [-0.1, -0.05) is 30.3 Å². The first-order chi connectivity index (χ1) is 16.9. The fraction of sp³-hybridized carbons (Fsp3) is 0.381. The second-order valence-corrected chi connectivity index (χ2v) is 11.9. The highest BCUT2D eigenvalue weighted by molar-refractivity contribution is 7.99. The third-order valence-corrected chi connectivity index (χ3v) is 8.22.